The topological polar surface area (TPSA) is 111 Å². The predicted octanol–water partition coefficient (Wildman–Crippen LogP) is 2.99. The summed E-state index contributed by atoms with van der Waals surface area (Å²) in [5, 5.41) is 5.12. The van der Waals surface area contributed by atoms with Crippen LogP contribution < -0.4 is 16.4 Å². The van der Waals surface area contributed by atoms with Gasteiger partial charge in [0.25, 0.3) is 5.91 Å². The largest absolute Gasteiger partial charge is 0.459 e. The highest BCUT2D eigenvalue weighted by molar-refractivity contribution is 6.05. The summed E-state index contributed by atoms with van der Waals surface area (Å²) in [5.41, 5.74) is 6.76. The third-order valence-corrected chi connectivity index (χ3v) is 3.11. The molecule has 0 spiro atoms. The molecule has 0 saturated carbocycles. The van der Waals surface area contributed by atoms with Gasteiger partial charge in [-0.05, 0) is 56.3 Å². The van der Waals surface area contributed by atoms with Crippen molar-refractivity contribution in [3.05, 3.63) is 59.7 Å². The molecule has 2 aromatic carbocycles. The van der Waals surface area contributed by atoms with Crippen molar-refractivity contribution in [1.82, 2.24) is 0 Å². The number of benzene rings is 2. The molecule has 0 aromatic heterocycles. The second kappa shape index (κ2) is 7.96. The van der Waals surface area contributed by atoms with Gasteiger partial charge < -0.3 is 21.1 Å². The number of amides is 3. The molecule has 130 valence electrons. The fraction of sp³-hybridized carbons (Fsp3) is 0.167. The van der Waals surface area contributed by atoms with Gasteiger partial charge in [-0.25, -0.2) is 9.59 Å². The molecule has 7 heteroatoms. The molecule has 0 atom stereocenters. The molecule has 3 amide bonds. The van der Waals surface area contributed by atoms with Crippen LogP contribution >= 0.6 is 0 Å². The van der Waals surface area contributed by atoms with E-state index in [-0.39, 0.29) is 12.0 Å². The molecule has 2 aromatic rings. The first-order valence-corrected chi connectivity index (χ1v) is 7.64. The minimum absolute atomic E-state index is 0.201. The zero-order chi connectivity index (χ0) is 18.4. The Morgan fingerprint density at radius 2 is 1.60 bits per heavy atom. The Hall–Kier alpha value is -3.35. The minimum Gasteiger partial charge on any atom is -0.459 e. The quantitative estimate of drug-likeness (QED) is 0.726. The van der Waals surface area contributed by atoms with Crippen LogP contribution in [0.2, 0.25) is 0 Å². The third kappa shape index (κ3) is 5.35. The van der Waals surface area contributed by atoms with Crippen LogP contribution in [-0.4, -0.2) is 24.0 Å². The van der Waals surface area contributed by atoms with E-state index in [1.807, 2.05) is 0 Å². The number of primary amides is 1. The van der Waals surface area contributed by atoms with E-state index in [9.17, 15) is 14.4 Å². The van der Waals surface area contributed by atoms with E-state index in [2.05, 4.69) is 10.6 Å². The average molecular weight is 341 g/mol. The van der Waals surface area contributed by atoms with Crippen molar-refractivity contribution in [1.29, 1.82) is 0 Å². The van der Waals surface area contributed by atoms with Crippen LogP contribution in [0.15, 0.2) is 48.5 Å². The summed E-state index contributed by atoms with van der Waals surface area (Å²) in [6.45, 7) is 3.54. The number of carbonyl (C=O) groups excluding carboxylic acids is 3. The van der Waals surface area contributed by atoms with Gasteiger partial charge in [0.2, 0.25) is 0 Å². The lowest BCUT2D eigenvalue weighted by atomic mass is 10.1. The molecule has 25 heavy (non-hydrogen) atoms. The lowest BCUT2D eigenvalue weighted by Gasteiger charge is -2.09. The first-order chi connectivity index (χ1) is 11.8. The van der Waals surface area contributed by atoms with Crippen molar-refractivity contribution in [3.8, 4) is 0 Å². The normalized spacial score (nSPS) is 10.2. The molecule has 0 unspecified atom stereocenters. The highest BCUT2D eigenvalue weighted by Crippen LogP contribution is 2.15. The minimum atomic E-state index is -0.707. The number of esters is 1. The predicted molar refractivity (Wildman–Crippen MR) is 94.6 cm³/mol. The maximum absolute atomic E-state index is 12.3. The maximum Gasteiger partial charge on any atom is 0.338 e. The fourth-order valence-corrected chi connectivity index (χ4v) is 2.06. The first-order valence-electron chi connectivity index (χ1n) is 7.64. The molecule has 0 saturated heterocycles. The number of anilines is 2. The van der Waals surface area contributed by atoms with Gasteiger partial charge in [-0.3, -0.25) is 4.79 Å². The zero-order valence-corrected chi connectivity index (χ0v) is 13.9. The summed E-state index contributed by atoms with van der Waals surface area (Å²) < 4.78 is 5.10. The summed E-state index contributed by atoms with van der Waals surface area (Å²) in [5.74, 6) is -0.774. The molecule has 0 aliphatic heterocycles. The SMILES string of the molecule is CC(C)OC(=O)c1ccc(NC(=O)c2cccc(NC(N)=O)c2)cc1. The molecule has 7 nitrogen and oxygen atoms in total. The van der Waals surface area contributed by atoms with Crippen molar-refractivity contribution >= 4 is 29.3 Å². The first kappa shape index (κ1) is 18.0. The molecule has 4 N–H and O–H groups in total. The molecular formula is C18H19N3O4. The third-order valence-electron chi connectivity index (χ3n) is 3.11. The molecule has 0 aliphatic rings. The summed E-state index contributed by atoms with van der Waals surface area (Å²) in [4.78, 5) is 34.9. The molecule has 0 bridgehead atoms. The smallest absolute Gasteiger partial charge is 0.338 e. The molecule has 0 aliphatic carbocycles. The van der Waals surface area contributed by atoms with Crippen molar-refractivity contribution in [2.24, 2.45) is 5.73 Å². The van der Waals surface area contributed by atoms with E-state index < -0.39 is 12.0 Å². The Labute approximate surface area is 145 Å². The summed E-state index contributed by atoms with van der Waals surface area (Å²) >= 11 is 0. The zero-order valence-electron chi connectivity index (χ0n) is 13.9. The Morgan fingerprint density at radius 1 is 0.920 bits per heavy atom. The fourth-order valence-electron chi connectivity index (χ4n) is 2.06. The van der Waals surface area contributed by atoms with Crippen molar-refractivity contribution in [3.63, 3.8) is 0 Å². The second-order valence-corrected chi connectivity index (χ2v) is 5.56. The number of carbonyl (C=O) groups is 3. The number of ether oxygens (including phenoxy) is 1. The van der Waals surface area contributed by atoms with Gasteiger partial charge in [0.05, 0.1) is 11.7 Å². The van der Waals surface area contributed by atoms with Crippen LogP contribution in [0.1, 0.15) is 34.6 Å². The molecule has 2 rings (SSSR count). The van der Waals surface area contributed by atoms with Crippen molar-refractivity contribution in [2.75, 3.05) is 10.6 Å². The van der Waals surface area contributed by atoms with E-state index >= 15 is 0 Å². The summed E-state index contributed by atoms with van der Waals surface area (Å²) in [6.07, 6.45) is -0.201. The average Bonchev–Trinajstić information content (AvgIpc) is 2.54. The Balaban J connectivity index is 2.05. The second-order valence-electron chi connectivity index (χ2n) is 5.56. The van der Waals surface area contributed by atoms with E-state index in [4.69, 9.17) is 10.5 Å². The number of nitrogens with one attached hydrogen (secondary N) is 2. The Morgan fingerprint density at radius 3 is 2.20 bits per heavy atom. The van der Waals surface area contributed by atoms with E-state index in [0.717, 1.165) is 0 Å². The van der Waals surface area contributed by atoms with Crippen LogP contribution in [0, 0.1) is 0 Å². The van der Waals surface area contributed by atoms with Crippen molar-refractivity contribution < 1.29 is 19.1 Å². The van der Waals surface area contributed by atoms with Crippen LogP contribution in [0.5, 0.6) is 0 Å². The van der Waals surface area contributed by atoms with Gasteiger partial charge in [0.15, 0.2) is 0 Å². The lowest BCUT2D eigenvalue weighted by molar-refractivity contribution is 0.0378. The van der Waals surface area contributed by atoms with Crippen LogP contribution in [0.4, 0.5) is 16.2 Å². The van der Waals surface area contributed by atoms with E-state index in [0.29, 0.717) is 22.5 Å². The molecular weight excluding hydrogens is 322 g/mol. The van der Waals surface area contributed by atoms with Gasteiger partial charge in [-0.1, -0.05) is 6.07 Å². The van der Waals surface area contributed by atoms with E-state index in [1.54, 1.807) is 56.3 Å². The summed E-state index contributed by atoms with van der Waals surface area (Å²) in [7, 11) is 0. The molecule has 0 fully saturated rings. The highest BCUT2D eigenvalue weighted by Gasteiger charge is 2.11. The van der Waals surface area contributed by atoms with Crippen LogP contribution in [-0.2, 0) is 4.74 Å². The van der Waals surface area contributed by atoms with Gasteiger partial charge in [-0.15, -0.1) is 0 Å². The maximum atomic E-state index is 12.3. The number of hydrogen-bond donors (Lipinski definition) is 3. The van der Waals surface area contributed by atoms with Crippen LogP contribution in [0.3, 0.4) is 0 Å². The monoisotopic (exact) mass is 341 g/mol. The van der Waals surface area contributed by atoms with Gasteiger partial charge >= 0.3 is 12.0 Å². The molecule has 0 heterocycles. The number of nitrogens with two attached hydrogens (primary N) is 1. The number of urea groups is 1. The lowest BCUT2D eigenvalue weighted by Crippen LogP contribution is -2.19. The summed E-state index contributed by atoms with van der Waals surface area (Å²) in [6, 6.07) is 12.0. The molecule has 0 radical (unpaired) electrons. The van der Waals surface area contributed by atoms with Gasteiger partial charge in [0.1, 0.15) is 0 Å². The Kier molecular flexibility index (Phi) is 5.73. The van der Waals surface area contributed by atoms with Gasteiger partial charge in [0, 0.05) is 16.9 Å². The van der Waals surface area contributed by atoms with E-state index in [1.165, 1.54) is 6.07 Å². The standard InChI is InChI=1S/C18H19N3O4/c1-11(2)25-17(23)12-6-8-14(9-7-12)20-16(22)13-4-3-5-15(10-13)21-18(19)24/h3-11H,1-2H3,(H,20,22)(H3,19,21,24). The number of rotatable bonds is 5. The Bertz CT molecular complexity index is 785. The van der Waals surface area contributed by atoms with Crippen molar-refractivity contribution in [2.45, 2.75) is 20.0 Å². The van der Waals surface area contributed by atoms with Crippen LogP contribution in [0.25, 0.3) is 0 Å². The number of hydrogen-bond acceptors (Lipinski definition) is 4. The highest BCUT2D eigenvalue weighted by atomic mass is 16.5. The van der Waals surface area contributed by atoms with Gasteiger partial charge in [-0.2, -0.15) is 0 Å².